The molecular weight excluding hydrogens is 340 g/mol. The second-order valence-corrected chi connectivity index (χ2v) is 8.31. The maximum Gasteiger partial charge on any atom is 0.213 e. The van der Waals surface area contributed by atoms with Crippen LogP contribution in [0.3, 0.4) is 0 Å². The summed E-state index contributed by atoms with van der Waals surface area (Å²) in [4.78, 5) is 4.78. The first-order chi connectivity index (χ1) is 15.1. The number of aromatic nitrogens is 2. The third kappa shape index (κ3) is 2.70. The molecule has 2 aromatic heterocycles. The number of nitrogens with zero attached hydrogens (tertiary/aromatic N) is 2. The standard InChI is InChI=1S/C26H29N2/c1-16-9-11-20-21-12-10-18(3)27-24(21)13-23(20)26(16)25-14-22(17(2)15-28(25)4)19-7-5-6-8-19/h9-12,14-15,19H,5-8,13H2,1-4H3/q+1/i2D3,19D. The predicted molar refractivity (Wildman–Crippen MR) is 115 cm³/mol. The Hall–Kier alpha value is -2.48. The predicted octanol–water partition coefficient (Wildman–Crippen LogP) is 5.73. The van der Waals surface area contributed by atoms with Crippen molar-refractivity contribution in [3.63, 3.8) is 0 Å². The Morgan fingerprint density at radius 2 is 1.86 bits per heavy atom. The van der Waals surface area contributed by atoms with Gasteiger partial charge in [0.1, 0.15) is 7.05 Å². The van der Waals surface area contributed by atoms with E-state index in [4.69, 9.17) is 10.5 Å². The van der Waals surface area contributed by atoms with E-state index in [1.807, 2.05) is 24.6 Å². The lowest BCUT2D eigenvalue weighted by atomic mass is 9.89. The topological polar surface area (TPSA) is 16.8 Å². The number of benzene rings is 1. The van der Waals surface area contributed by atoms with Crippen LogP contribution in [0, 0.1) is 20.7 Å². The molecule has 0 amide bonds. The average molecular weight is 374 g/mol. The Morgan fingerprint density at radius 3 is 2.64 bits per heavy atom. The van der Waals surface area contributed by atoms with Gasteiger partial charge in [-0.15, -0.1) is 0 Å². The second kappa shape index (κ2) is 6.55. The molecule has 0 saturated heterocycles. The molecule has 0 N–H and O–H groups in total. The van der Waals surface area contributed by atoms with Crippen LogP contribution in [-0.4, -0.2) is 4.98 Å². The quantitative estimate of drug-likeness (QED) is 0.410. The first-order valence-electron chi connectivity index (χ1n) is 12.2. The largest absolute Gasteiger partial charge is 0.257 e. The summed E-state index contributed by atoms with van der Waals surface area (Å²) in [6.45, 7) is 1.89. The van der Waals surface area contributed by atoms with Gasteiger partial charge >= 0.3 is 0 Å². The molecule has 0 aliphatic heterocycles. The summed E-state index contributed by atoms with van der Waals surface area (Å²) in [5.41, 5.74) is 10.00. The van der Waals surface area contributed by atoms with E-state index in [0.29, 0.717) is 24.0 Å². The van der Waals surface area contributed by atoms with Gasteiger partial charge in [0.15, 0.2) is 6.20 Å². The highest BCUT2D eigenvalue weighted by atomic mass is 14.9. The van der Waals surface area contributed by atoms with Crippen LogP contribution >= 0.6 is 0 Å². The number of rotatable bonds is 2. The fourth-order valence-corrected chi connectivity index (χ4v) is 4.98. The van der Waals surface area contributed by atoms with Crippen molar-refractivity contribution in [3.8, 4) is 22.4 Å². The van der Waals surface area contributed by atoms with Gasteiger partial charge in [0, 0.05) is 34.8 Å². The first kappa shape index (κ1) is 13.7. The minimum absolute atomic E-state index is 0.312. The summed E-state index contributed by atoms with van der Waals surface area (Å²) in [7, 11) is 1.92. The van der Waals surface area contributed by atoms with Gasteiger partial charge in [-0.25, -0.2) is 4.57 Å². The van der Waals surface area contributed by atoms with Gasteiger partial charge in [0.05, 0.1) is 11.3 Å². The number of aryl methyl sites for hydroxylation is 4. The van der Waals surface area contributed by atoms with Crippen molar-refractivity contribution in [1.82, 2.24) is 4.98 Å². The molecule has 2 heterocycles. The lowest BCUT2D eigenvalue weighted by molar-refractivity contribution is -0.660. The third-order valence-electron chi connectivity index (χ3n) is 6.39. The summed E-state index contributed by atoms with van der Waals surface area (Å²) in [5.74, 6) is -0.833. The highest BCUT2D eigenvalue weighted by Gasteiger charge is 2.29. The van der Waals surface area contributed by atoms with E-state index in [0.717, 1.165) is 47.5 Å². The molecule has 0 spiro atoms. The Labute approximate surface area is 173 Å². The van der Waals surface area contributed by atoms with Crippen molar-refractivity contribution < 1.29 is 10.1 Å². The monoisotopic (exact) mass is 373 g/mol. The van der Waals surface area contributed by atoms with Crippen LogP contribution in [-0.2, 0) is 13.5 Å². The number of hydrogen-bond donors (Lipinski definition) is 0. The highest BCUT2D eigenvalue weighted by Crippen LogP contribution is 2.43. The molecule has 2 aliphatic carbocycles. The van der Waals surface area contributed by atoms with Crippen molar-refractivity contribution in [3.05, 3.63) is 70.2 Å². The van der Waals surface area contributed by atoms with Gasteiger partial charge in [-0.2, -0.15) is 0 Å². The number of hydrogen-bond acceptors (Lipinski definition) is 1. The zero-order valence-corrected chi connectivity index (χ0v) is 16.9. The molecule has 2 nitrogen and oxygen atoms in total. The van der Waals surface area contributed by atoms with E-state index < -0.39 is 12.7 Å². The Morgan fingerprint density at radius 1 is 1.07 bits per heavy atom. The fraction of sp³-hybridized carbons (Fsp3) is 0.385. The highest BCUT2D eigenvalue weighted by molar-refractivity contribution is 5.84. The maximum absolute atomic E-state index is 9.14. The van der Waals surface area contributed by atoms with Crippen LogP contribution < -0.4 is 4.57 Å². The van der Waals surface area contributed by atoms with Crippen LogP contribution in [0.4, 0.5) is 0 Å². The van der Waals surface area contributed by atoms with E-state index in [9.17, 15) is 0 Å². The van der Waals surface area contributed by atoms with Crippen LogP contribution in [0.25, 0.3) is 22.4 Å². The van der Waals surface area contributed by atoms with E-state index in [1.54, 1.807) is 6.20 Å². The van der Waals surface area contributed by atoms with Crippen LogP contribution in [0.5, 0.6) is 0 Å². The SMILES string of the molecule is [2H]C([2H])([2H])c1c[n+](C)c(-c2c(C)ccc3c2Cc2nc(C)ccc2-3)cc1C1([2H])CCCC1. The molecule has 0 unspecified atom stereocenters. The second-order valence-electron chi connectivity index (χ2n) is 8.31. The van der Waals surface area contributed by atoms with Crippen molar-refractivity contribution in [1.29, 1.82) is 0 Å². The van der Waals surface area contributed by atoms with Gasteiger partial charge in [-0.05, 0) is 67.8 Å². The summed E-state index contributed by atoms with van der Waals surface area (Å²) in [6.07, 6.45) is 5.88. The number of fused-ring (bicyclic) bond motifs is 3. The fourth-order valence-electron chi connectivity index (χ4n) is 4.98. The molecule has 5 rings (SSSR count). The van der Waals surface area contributed by atoms with Crippen molar-refractivity contribution in [2.75, 3.05) is 0 Å². The molecule has 1 aromatic carbocycles. The molecule has 3 aromatic rings. The molecule has 1 saturated carbocycles. The maximum atomic E-state index is 9.14. The minimum Gasteiger partial charge on any atom is -0.257 e. The lowest BCUT2D eigenvalue weighted by Crippen LogP contribution is -2.32. The summed E-state index contributed by atoms with van der Waals surface area (Å²) >= 11 is 0. The molecule has 2 heteroatoms. The minimum atomic E-state index is -2.24. The van der Waals surface area contributed by atoms with Crippen LogP contribution in [0.2, 0.25) is 0 Å². The van der Waals surface area contributed by atoms with Gasteiger partial charge in [0.2, 0.25) is 5.69 Å². The van der Waals surface area contributed by atoms with E-state index >= 15 is 0 Å². The van der Waals surface area contributed by atoms with E-state index in [-0.39, 0.29) is 0 Å². The van der Waals surface area contributed by atoms with Crippen LogP contribution in [0.15, 0.2) is 36.5 Å². The Balaban J connectivity index is 1.75. The molecule has 2 aliphatic rings. The average Bonchev–Trinajstić information content (AvgIpc) is 3.31. The normalized spacial score (nSPS) is 19.4. The summed E-state index contributed by atoms with van der Waals surface area (Å²) < 4.78 is 35.5. The third-order valence-corrected chi connectivity index (χ3v) is 6.39. The summed E-state index contributed by atoms with van der Waals surface area (Å²) in [5, 5.41) is 0. The van der Waals surface area contributed by atoms with Gasteiger partial charge in [-0.1, -0.05) is 31.0 Å². The zero-order chi connectivity index (χ0) is 22.8. The van der Waals surface area contributed by atoms with E-state index in [1.165, 1.54) is 16.7 Å². The van der Waals surface area contributed by atoms with E-state index in [2.05, 4.69) is 31.2 Å². The Bertz CT molecular complexity index is 1240. The number of pyridine rings is 2. The van der Waals surface area contributed by atoms with Crippen molar-refractivity contribution >= 4 is 0 Å². The van der Waals surface area contributed by atoms with Gasteiger partial charge in [0.25, 0.3) is 0 Å². The molecular formula is C26H29N2+. The van der Waals surface area contributed by atoms with Crippen LogP contribution in [0.1, 0.15) is 70.7 Å². The van der Waals surface area contributed by atoms with Crippen molar-refractivity contribution in [2.24, 2.45) is 7.05 Å². The molecule has 1 fully saturated rings. The lowest BCUT2D eigenvalue weighted by Gasteiger charge is -2.16. The first-order valence-corrected chi connectivity index (χ1v) is 10.2. The molecule has 142 valence electrons. The summed E-state index contributed by atoms with van der Waals surface area (Å²) in [6, 6.07) is 10.5. The Kier molecular flexibility index (Phi) is 3.19. The molecule has 0 atom stereocenters. The molecule has 0 radical (unpaired) electrons. The van der Waals surface area contributed by atoms with Crippen molar-refractivity contribution in [2.45, 2.75) is 58.7 Å². The smallest absolute Gasteiger partial charge is 0.213 e. The van der Waals surface area contributed by atoms with Gasteiger partial charge in [-0.3, -0.25) is 4.98 Å². The molecule has 0 bridgehead atoms. The molecule has 28 heavy (non-hydrogen) atoms. The zero-order valence-electron chi connectivity index (χ0n) is 20.9. The van der Waals surface area contributed by atoms with Gasteiger partial charge < -0.3 is 0 Å².